The maximum atomic E-state index is 13.0. The number of carbonyl (C=O) groups excluding carboxylic acids is 3. The van der Waals surface area contributed by atoms with Crippen molar-refractivity contribution in [3.05, 3.63) is 243 Å². The van der Waals surface area contributed by atoms with E-state index in [1.54, 1.807) is 0 Å². The molecule has 562 valence electrons. The summed E-state index contributed by atoms with van der Waals surface area (Å²) in [4.78, 5) is 37.6. The van der Waals surface area contributed by atoms with Gasteiger partial charge in [0.25, 0.3) is 0 Å². The zero-order valence-electron chi connectivity index (χ0n) is 64.2. The minimum atomic E-state index is -1.65. The molecule has 0 heterocycles. The third-order valence-corrected chi connectivity index (χ3v) is 15.6. The zero-order chi connectivity index (χ0) is 73.2. The summed E-state index contributed by atoms with van der Waals surface area (Å²) in [5, 5.41) is 11.9. The van der Waals surface area contributed by atoms with Gasteiger partial charge in [-0.2, -0.15) is 0 Å². The van der Waals surface area contributed by atoms with Gasteiger partial charge in [-0.05, 0) is 167 Å². The van der Waals surface area contributed by atoms with Gasteiger partial charge in [0.1, 0.15) is 13.2 Å². The molecule has 0 aliphatic carbocycles. The number of quaternary nitrogens is 1. The molecule has 2 atom stereocenters. The van der Waals surface area contributed by atoms with Gasteiger partial charge in [-0.25, -0.2) is 0 Å². The Hall–Kier alpha value is -6.91. The van der Waals surface area contributed by atoms with Crippen molar-refractivity contribution in [2.24, 2.45) is 0 Å². The predicted molar refractivity (Wildman–Crippen MR) is 434 cm³/mol. The van der Waals surface area contributed by atoms with E-state index in [0.29, 0.717) is 17.4 Å². The summed E-state index contributed by atoms with van der Waals surface area (Å²) >= 11 is 0. The molecule has 0 rings (SSSR count). The van der Waals surface area contributed by atoms with E-state index in [9.17, 15) is 19.5 Å². The Kier molecular flexibility index (Phi) is 73.4. The van der Waals surface area contributed by atoms with Gasteiger partial charge in [-0.3, -0.25) is 9.59 Å². The standard InChI is InChI=1S/C92H141NO8/c1-6-8-10-12-14-16-18-20-22-24-26-28-30-32-34-36-38-40-42-44-45-47-48-50-52-54-56-58-60-62-64-66-68-70-72-74-76-78-80-82-89(94)99-86-88(87-100-92(91(96)97)98-85-84-93(3,4)5)101-90(95)83-81-79-77-75-73-71-69-67-65-63-61-59-57-55-53-51-49-46-43-41-39-37-35-33-31-29-27-25-23-21-19-17-15-13-11-9-7-2/h8-11,14-17,20-23,26-29,32-35,38-41,44-46,48-50,53-56,59,61,65,67,71,73,88,92H,6-7,12-13,18-19,24-25,30-31,36-37,42-43,47,51-52,57-58,60,62-64,66,68-70,72,74-87H2,1-5H3/b10-8-,11-9-,16-14-,17-15-,22-20-,23-21-,28-26-,29-27-,34-32-,35-33-,40-38-,41-39-,45-44-,49-46-,50-48-,55-53-,56-54-,61-59-,67-65-,73-71-. The molecular formula is C92H141NO8. The molecule has 0 fully saturated rings. The number of likely N-dealkylation sites (N-methyl/N-ethyl adjacent to an activating group) is 1. The van der Waals surface area contributed by atoms with Crippen molar-refractivity contribution in [3.63, 3.8) is 0 Å². The minimum absolute atomic E-state index is 0.127. The number of hydrogen-bond acceptors (Lipinski definition) is 8. The summed E-state index contributed by atoms with van der Waals surface area (Å²) in [6, 6.07) is 0. The smallest absolute Gasteiger partial charge is 0.306 e. The third kappa shape index (κ3) is 80.3. The average Bonchev–Trinajstić information content (AvgIpc) is 1.25. The number of esters is 2. The van der Waals surface area contributed by atoms with Gasteiger partial charge < -0.3 is 33.3 Å². The second kappa shape index (κ2) is 78.8. The van der Waals surface area contributed by atoms with Gasteiger partial charge in [0.2, 0.25) is 0 Å². The van der Waals surface area contributed by atoms with E-state index in [4.69, 9.17) is 18.9 Å². The second-order valence-electron chi connectivity index (χ2n) is 26.2. The Morgan fingerprint density at radius 2 is 0.535 bits per heavy atom. The molecule has 2 unspecified atom stereocenters. The number of hydrogen-bond donors (Lipinski definition) is 0. The maximum Gasteiger partial charge on any atom is 0.306 e. The minimum Gasteiger partial charge on any atom is -0.545 e. The van der Waals surface area contributed by atoms with E-state index in [1.165, 1.54) is 44.9 Å². The van der Waals surface area contributed by atoms with Crippen LogP contribution in [0.2, 0.25) is 0 Å². The molecular weight excluding hydrogens is 1250 g/mol. The number of rotatable bonds is 69. The molecule has 0 aromatic rings. The van der Waals surface area contributed by atoms with Gasteiger partial charge in [-0.15, -0.1) is 0 Å². The number of aliphatic carboxylic acids is 1. The SMILES string of the molecule is CC/C=C\C/C=C\C/C=C\C/C=C\C/C=C\C/C=C\C/C=C\C/C=C\C/C=C\C/C=C\C/C=C\CCCCCC(=O)OC(COC(=O)CCCCCCCCCCCCC/C=C\C/C=C\C/C=C\C/C=C\C/C=C\C/C=C\C/C=C\C/C=C\C/C=C\CC)COC(OCC[N+](C)(C)C)C(=O)[O-]. The molecule has 0 aliphatic rings. The first-order valence-corrected chi connectivity index (χ1v) is 39.2. The number of carboxylic acid groups (broad SMARTS) is 1. The van der Waals surface area contributed by atoms with Crippen molar-refractivity contribution < 1.29 is 42.9 Å². The molecule has 0 radical (unpaired) electrons. The molecule has 0 saturated carbocycles. The van der Waals surface area contributed by atoms with Gasteiger partial charge in [-0.1, -0.05) is 321 Å². The largest absolute Gasteiger partial charge is 0.545 e. The van der Waals surface area contributed by atoms with Gasteiger partial charge in [0, 0.05) is 12.8 Å². The second-order valence-corrected chi connectivity index (χ2v) is 26.2. The molecule has 0 saturated heterocycles. The van der Waals surface area contributed by atoms with E-state index in [0.717, 1.165) is 180 Å². The van der Waals surface area contributed by atoms with Crippen LogP contribution in [0.1, 0.15) is 258 Å². The van der Waals surface area contributed by atoms with Crippen LogP contribution in [0.3, 0.4) is 0 Å². The van der Waals surface area contributed by atoms with Crippen molar-refractivity contribution >= 4 is 17.9 Å². The van der Waals surface area contributed by atoms with Crippen molar-refractivity contribution in [1.82, 2.24) is 0 Å². The first kappa shape index (κ1) is 94.1. The highest BCUT2D eigenvalue weighted by Crippen LogP contribution is 2.15. The summed E-state index contributed by atoms with van der Waals surface area (Å²) in [5.74, 6) is -2.36. The quantitative estimate of drug-likeness (QED) is 0.0195. The number of ether oxygens (including phenoxy) is 4. The Morgan fingerprint density at radius 3 is 0.802 bits per heavy atom. The lowest BCUT2D eigenvalue weighted by Gasteiger charge is -2.26. The highest BCUT2D eigenvalue weighted by Gasteiger charge is 2.22. The number of carboxylic acids is 1. The Bertz CT molecular complexity index is 2570. The average molecular weight is 1390 g/mol. The summed E-state index contributed by atoms with van der Waals surface area (Å²) in [6.45, 7) is 4.45. The Balaban J connectivity index is 4.23. The van der Waals surface area contributed by atoms with Crippen LogP contribution in [0, 0.1) is 0 Å². The van der Waals surface area contributed by atoms with E-state index in [1.807, 2.05) is 21.1 Å². The van der Waals surface area contributed by atoms with Gasteiger partial charge in [0.15, 0.2) is 12.4 Å². The maximum absolute atomic E-state index is 13.0. The molecule has 0 amide bonds. The first-order chi connectivity index (χ1) is 49.6. The number of allylic oxidation sites excluding steroid dienone is 40. The fraction of sp³-hybridized carbons (Fsp3) is 0.533. The molecule has 0 N–H and O–H groups in total. The van der Waals surface area contributed by atoms with Crippen molar-refractivity contribution in [2.45, 2.75) is 270 Å². The highest BCUT2D eigenvalue weighted by molar-refractivity contribution is 5.70. The monoisotopic (exact) mass is 1390 g/mol. The van der Waals surface area contributed by atoms with Crippen LogP contribution in [-0.2, 0) is 33.3 Å². The summed E-state index contributed by atoms with van der Waals surface area (Å²) in [6.07, 6.45) is 124. The summed E-state index contributed by atoms with van der Waals surface area (Å²) in [7, 11) is 5.90. The number of nitrogens with zero attached hydrogens (tertiary/aromatic N) is 1. The summed E-state index contributed by atoms with van der Waals surface area (Å²) < 4.78 is 22.8. The zero-order valence-corrected chi connectivity index (χ0v) is 64.2. The van der Waals surface area contributed by atoms with E-state index in [2.05, 4.69) is 257 Å². The van der Waals surface area contributed by atoms with Crippen LogP contribution in [0.15, 0.2) is 243 Å². The number of carbonyl (C=O) groups is 3. The van der Waals surface area contributed by atoms with Gasteiger partial charge >= 0.3 is 11.9 Å². The molecule has 101 heavy (non-hydrogen) atoms. The molecule has 0 aliphatic heterocycles. The molecule has 0 aromatic heterocycles. The third-order valence-electron chi connectivity index (χ3n) is 15.6. The van der Waals surface area contributed by atoms with Crippen LogP contribution in [0.25, 0.3) is 0 Å². The molecule has 0 spiro atoms. The van der Waals surface area contributed by atoms with Crippen LogP contribution in [-0.4, -0.2) is 82.3 Å². The Labute approximate surface area is 618 Å². The lowest BCUT2D eigenvalue weighted by Crippen LogP contribution is -2.44. The predicted octanol–water partition coefficient (Wildman–Crippen LogP) is 24.2. The lowest BCUT2D eigenvalue weighted by molar-refractivity contribution is -0.870. The van der Waals surface area contributed by atoms with E-state index < -0.39 is 24.3 Å². The van der Waals surface area contributed by atoms with Crippen LogP contribution < -0.4 is 5.11 Å². The van der Waals surface area contributed by atoms with Crippen molar-refractivity contribution in [1.29, 1.82) is 0 Å². The van der Waals surface area contributed by atoms with Crippen LogP contribution in [0.5, 0.6) is 0 Å². The topological polar surface area (TPSA) is 111 Å². The summed E-state index contributed by atoms with van der Waals surface area (Å²) in [5.41, 5.74) is 0. The van der Waals surface area contributed by atoms with Crippen molar-refractivity contribution in [3.8, 4) is 0 Å². The molecule has 0 bridgehead atoms. The normalized spacial score (nSPS) is 14.0. The van der Waals surface area contributed by atoms with Crippen molar-refractivity contribution in [2.75, 3.05) is 47.5 Å². The van der Waals surface area contributed by atoms with E-state index >= 15 is 0 Å². The lowest BCUT2D eigenvalue weighted by atomic mass is 10.0. The highest BCUT2D eigenvalue weighted by atomic mass is 16.7. The van der Waals surface area contributed by atoms with Crippen LogP contribution in [0.4, 0.5) is 0 Å². The molecule has 0 aromatic carbocycles. The number of unbranched alkanes of at least 4 members (excludes halogenated alkanes) is 14. The Morgan fingerprint density at radius 1 is 0.297 bits per heavy atom. The fourth-order valence-corrected chi connectivity index (χ4v) is 9.71. The van der Waals surface area contributed by atoms with E-state index in [-0.39, 0.29) is 38.6 Å². The first-order valence-electron chi connectivity index (χ1n) is 39.2. The fourth-order valence-electron chi connectivity index (χ4n) is 9.71. The molecule has 9 heteroatoms. The van der Waals surface area contributed by atoms with Gasteiger partial charge in [0.05, 0.1) is 40.3 Å². The van der Waals surface area contributed by atoms with Crippen LogP contribution >= 0.6 is 0 Å². The molecule has 9 nitrogen and oxygen atoms in total.